The summed E-state index contributed by atoms with van der Waals surface area (Å²) in [5, 5.41) is 11.7. The highest BCUT2D eigenvalue weighted by Crippen LogP contribution is 2.37. The van der Waals surface area contributed by atoms with E-state index in [1.54, 1.807) is 6.92 Å². The molecule has 3 N–H and O–H groups in total. The first kappa shape index (κ1) is 14.7. The predicted octanol–water partition coefficient (Wildman–Crippen LogP) is -0.307. The largest absolute Gasteiger partial charge is 0.394 e. The maximum absolute atomic E-state index is 12.1. The summed E-state index contributed by atoms with van der Waals surface area (Å²) in [4.78, 5) is 31.0. The van der Waals surface area contributed by atoms with E-state index in [9.17, 15) is 9.59 Å². The molecule has 2 rings (SSSR count). The molecule has 7 nitrogen and oxygen atoms in total. The van der Waals surface area contributed by atoms with Crippen molar-refractivity contribution in [2.24, 2.45) is 0 Å². The molecule has 0 spiro atoms. The van der Waals surface area contributed by atoms with Crippen LogP contribution in [0.2, 0.25) is 0 Å². The lowest BCUT2D eigenvalue weighted by molar-refractivity contribution is 0.0837. The van der Waals surface area contributed by atoms with Gasteiger partial charge in [-0.3, -0.25) is 9.59 Å². The first-order chi connectivity index (χ1) is 9.56. The van der Waals surface area contributed by atoms with E-state index < -0.39 is 17.5 Å². The number of rotatable bonds is 6. The number of aryl methyl sites for hydroxylation is 1. The van der Waals surface area contributed by atoms with E-state index in [-0.39, 0.29) is 18.8 Å². The second-order valence-corrected chi connectivity index (χ2v) is 4.99. The molecular weight excluding hydrogens is 262 g/mol. The van der Waals surface area contributed by atoms with Gasteiger partial charge in [-0.1, -0.05) is 0 Å². The number of ether oxygens (including phenoxy) is 1. The topological polar surface area (TPSA) is 104 Å². The molecule has 110 valence electrons. The highest BCUT2D eigenvalue weighted by Gasteiger charge is 2.28. The number of hydrogen-bond acceptors (Lipinski definition) is 5. The first-order valence-electron chi connectivity index (χ1n) is 6.58. The van der Waals surface area contributed by atoms with Crippen molar-refractivity contribution in [2.75, 3.05) is 20.3 Å². The second kappa shape index (κ2) is 6.15. The molecule has 1 aromatic heterocycles. The van der Waals surface area contributed by atoms with Crippen molar-refractivity contribution in [2.45, 2.75) is 31.7 Å². The Balaban J connectivity index is 2.19. The minimum atomic E-state index is -0.547. The van der Waals surface area contributed by atoms with Gasteiger partial charge in [0.25, 0.3) is 11.5 Å². The van der Waals surface area contributed by atoms with E-state index in [0.717, 1.165) is 12.8 Å². The Morgan fingerprint density at radius 3 is 2.80 bits per heavy atom. The number of methoxy groups -OCH3 is 1. The average Bonchev–Trinajstić information content (AvgIpc) is 3.21. The van der Waals surface area contributed by atoms with Crippen LogP contribution in [0.15, 0.2) is 4.79 Å². The third-order valence-electron chi connectivity index (χ3n) is 3.23. The van der Waals surface area contributed by atoms with Crippen molar-refractivity contribution in [1.82, 2.24) is 15.3 Å². The molecule has 1 aliphatic carbocycles. The molecule has 0 aromatic carbocycles. The van der Waals surface area contributed by atoms with Crippen molar-refractivity contribution in [3.8, 4) is 0 Å². The maximum Gasteiger partial charge on any atom is 0.264 e. The smallest absolute Gasteiger partial charge is 0.264 e. The highest BCUT2D eigenvalue weighted by molar-refractivity contribution is 5.95. The molecule has 1 aromatic rings. The summed E-state index contributed by atoms with van der Waals surface area (Å²) in [5.74, 6) is 0.423. The zero-order chi connectivity index (χ0) is 14.7. The number of aliphatic hydroxyl groups excluding tert-OH is 1. The first-order valence-corrected chi connectivity index (χ1v) is 6.58. The number of nitrogens with one attached hydrogen (secondary N) is 2. The van der Waals surface area contributed by atoms with Crippen LogP contribution in [0.25, 0.3) is 0 Å². The number of nitrogens with zero attached hydrogens (tertiary/aromatic N) is 1. The lowest BCUT2D eigenvalue weighted by Crippen LogP contribution is -2.43. The Morgan fingerprint density at radius 2 is 2.30 bits per heavy atom. The minimum absolute atomic E-state index is 0.0102. The number of amides is 1. The van der Waals surface area contributed by atoms with Crippen LogP contribution in [-0.2, 0) is 4.74 Å². The number of aromatic nitrogens is 2. The normalized spacial score (nSPS) is 15.9. The number of aliphatic hydroxyl groups is 1. The molecule has 1 heterocycles. The minimum Gasteiger partial charge on any atom is -0.394 e. The van der Waals surface area contributed by atoms with Crippen LogP contribution >= 0.6 is 0 Å². The SMILES string of the molecule is COCC(CO)NC(=O)c1c(C)nc(C2CC2)[nH]c1=O. The van der Waals surface area contributed by atoms with Gasteiger partial charge in [0.05, 0.1) is 24.9 Å². The number of aromatic amines is 1. The third-order valence-corrected chi connectivity index (χ3v) is 3.23. The molecule has 1 saturated carbocycles. The third kappa shape index (κ3) is 3.23. The number of carbonyl (C=O) groups excluding carboxylic acids is 1. The molecule has 0 saturated heterocycles. The average molecular weight is 281 g/mol. The van der Waals surface area contributed by atoms with Crippen molar-refractivity contribution in [1.29, 1.82) is 0 Å². The summed E-state index contributed by atoms with van der Waals surface area (Å²) < 4.78 is 4.87. The summed E-state index contributed by atoms with van der Waals surface area (Å²) in [6.07, 6.45) is 2.04. The number of hydrogen-bond donors (Lipinski definition) is 3. The Bertz CT molecular complexity index is 551. The lowest BCUT2D eigenvalue weighted by atomic mass is 10.2. The molecule has 0 radical (unpaired) electrons. The molecule has 1 unspecified atom stereocenters. The Morgan fingerprint density at radius 1 is 1.60 bits per heavy atom. The highest BCUT2D eigenvalue weighted by atomic mass is 16.5. The molecule has 1 aliphatic rings. The van der Waals surface area contributed by atoms with Crippen molar-refractivity contribution >= 4 is 5.91 Å². The molecule has 20 heavy (non-hydrogen) atoms. The van der Waals surface area contributed by atoms with Gasteiger partial charge in [-0.25, -0.2) is 4.98 Å². The second-order valence-electron chi connectivity index (χ2n) is 4.99. The van der Waals surface area contributed by atoms with Crippen LogP contribution in [0.5, 0.6) is 0 Å². The fraction of sp³-hybridized carbons (Fsp3) is 0.615. The molecule has 7 heteroatoms. The quantitative estimate of drug-likeness (QED) is 0.663. The summed E-state index contributed by atoms with van der Waals surface area (Å²) in [6.45, 7) is 1.55. The van der Waals surface area contributed by atoms with Gasteiger partial charge in [-0.05, 0) is 19.8 Å². The van der Waals surface area contributed by atoms with Crippen LogP contribution in [0.1, 0.15) is 40.6 Å². The van der Waals surface area contributed by atoms with E-state index in [1.165, 1.54) is 7.11 Å². The monoisotopic (exact) mass is 281 g/mol. The molecule has 0 bridgehead atoms. The molecule has 1 amide bonds. The Labute approximate surface area is 116 Å². The summed E-state index contributed by atoms with van der Waals surface area (Å²) in [5.41, 5.74) is -0.0442. The number of carbonyl (C=O) groups is 1. The summed E-state index contributed by atoms with van der Waals surface area (Å²) in [6, 6.07) is -0.547. The van der Waals surface area contributed by atoms with Crippen LogP contribution in [0, 0.1) is 6.92 Å². The van der Waals surface area contributed by atoms with Gasteiger partial charge in [0, 0.05) is 13.0 Å². The molecule has 0 aliphatic heterocycles. The van der Waals surface area contributed by atoms with Crippen LogP contribution in [0.4, 0.5) is 0 Å². The van der Waals surface area contributed by atoms with Gasteiger partial charge in [0.15, 0.2) is 0 Å². The van der Waals surface area contributed by atoms with E-state index in [2.05, 4.69) is 15.3 Å². The lowest BCUT2D eigenvalue weighted by Gasteiger charge is -2.15. The predicted molar refractivity (Wildman–Crippen MR) is 71.8 cm³/mol. The van der Waals surface area contributed by atoms with E-state index in [0.29, 0.717) is 17.4 Å². The Hall–Kier alpha value is -1.73. The summed E-state index contributed by atoms with van der Waals surface area (Å²) in [7, 11) is 1.47. The zero-order valence-corrected chi connectivity index (χ0v) is 11.6. The summed E-state index contributed by atoms with van der Waals surface area (Å²) >= 11 is 0. The van der Waals surface area contributed by atoms with E-state index >= 15 is 0 Å². The van der Waals surface area contributed by atoms with E-state index in [4.69, 9.17) is 9.84 Å². The fourth-order valence-electron chi connectivity index (χ4n) is 2.02. The van der Waals surface area contributed by atoms with Crippen LogP contribution < -0.4 is 10.9 Å². The zero-order valence-electron chi connectivity index (χ0n) is 11.6. The van der Waals surface area contributed by atoms with Crippen LogP contribution in [-0.4, -0.2) is 47.3 Å². The number of H-pyrrole nitrogens is 1. The van der Waals surface area contributed by atoms with E-state index in [1.807, 2.05) is 0 Å². The van der Waals surface area contributed by atoms with Crippen LogP contribution in [0.3, 0.4) is 0 Å². The maximum atomic E-state index is 12.1. The molecular formula is C13H19N3O4. The molecule has 1 fully saturated rings. The standard InChI is InChI=1S/C13H19N3O4/c1-7-10(12(18)15-9(5-17)6-20-2)13(19)16-11(14-7)8-3-4-8/h8-9,17H,3-6H2,1-2H3,(H,15,18)(H,14,16,19). The van der Waals surface area contributed by atoms with Gasteiger partial charge in [0.1, 0.15) is 11.4 Å². The molecule has 1 atom stereocenters. The van der Waals surface area contributed by atoms with Gasteiger partial charge in [-0.15, -0.1) is 0 Å². The fourth-order valence-corrected chi connectivity index (χ4v) is 2.02. The van der Waals surface area contributed by atoms with Crippen molar-refractivity contribution in [3.05, 3.63) is 27.4 Å². The van der Waals surface area contributed by atoms with Crippen molar-refractivity contribution < 1.29 is 14.6 Å². The van der Waals surface area contributed by atoms with Gasteiger partial charge in [0.2, 0.25) is 0 Å². The van der Waals surface area contributed by atoms with Gasteiger partial charge >= 0.3 is 0 Å². The Kier molecular flexibility index (Phi) is 4.51. The van der Waals surface area contributed by atoms with Crippen molar-refractivity contribution in [3.63, 3.8) is 0 Å². The van der Waals surface area contributed by atoms with Gasteiger partial charge < -0.3 is 20.1 Å². The van der Waals surface area contributed by atoms with Gasteiger partial charge in [-0.2, -0.15) is 0 Å².